The fourth-order valence-electron chi connectivity index (χ4n) is 1.12. The highest BCUT2D eigenvalue weighted by Crippen LogP contribution is 1.99. The van der Waals surface area contributed by atoms with Gasteiger partial charge in [0.25, 0.3) is 0 Å². The summed E-state index contributed by atoms with van der Waals surface area (Å²) in [6.45, 7) is 7.90. The van der Waals surface area contributed by atoms with Gasteiger partial charge in [-0.25, -0.2) is 0 Å². The number of carbonyl (C=O) groups is 2. The Morgan fingerprint density at radius 1 is 0.812 bits per heavy atom. The molecule has 0 rings (SSSR count). The number of carbonyl (C=O) groups excluding carboxylic acids is 2. The van der Waals surface area contributed by atoms with Crippen molar-refractivity contribution in [3.8, 4) is 0 Å². The Kier molecular flexibility index (Phi) is 14.9. The van der Waals surface area contributed by atoms with Crippen LogP contribution < -0.4 is 0 Å². The molecular formula is C14H24O2. The van der Waals surface area contributed by atoms with Gasteiger partial charge in [0, 0.05) is 0 Å². The molecule has 0 saturated heterocycles. The van der Waals surface area contributed by atoms with Crippen LogP contribution in [0.25, 0.3) is 0 Å². The van der Waals surface area contributed by atoms with Gasteiger partial charge >= 0.3 is 0 Å². The van der Waals surface area contributed by atoms with E-state index in [1.54, 1.807) is 0 Å². The van der Waals surface area contributed by atoms with Crippen molar-refractivity contribution in [3.63, 3.8) is 0 Å². The maximum atomic E-state index is 10.1. The zero-order chi connectivity index (χ0) is 12.8. The van der Waals surface area contributed by atoms with Crippen LogP contribution in [0.4, 0.5) is 0 Å². The molecular weight excluding hydrogens is 200 g/mol. The summed E-state index contributed by atoms with van der Waals surface area (Å²) in [6, 6.07) is 0. The predicted molar refractivity (Wildman–Crippen MR) is 69.5 cm³/mol. The summed E-state index contributed by atoms with van der Waals surface area (Å²) in [6.07, 6.45) is 9.50. The van der Waals surface area contributed by atoms with E-state index in [1.165, 1.54) is 0 Å². The van der Waals surface area contributed by atoms with Gasteiger partial charge in [-0.3, -0.25) is 9.59 Å². The van der Waals surface area contributed by atoms with E-state index in [9.17, 15) is 9.59 Å². The first-order chi connectivity index (χ1) is 7.69. The summed E-state index contributed by atoms with van der Waals surface area (Å²) < 4.78 is 0. The van der Waals surface area contributed by atoms with Crippen LogP contribution in [-0.4, -0.2) is 12.6 Å². The van der Waals surface area contributed by atoms with E-state index in [4.69, 9.17) is 0 Å². The Labute approximate surface area is 99.4 Å². The van der Waals surface area contributed by atoms with Crippen molar-refractivity contribution in [2.75, 3.05) is 0 Å². The fraction of sp³-hybridized carbons (Fsp3) is 0.571. The van der Waals surface area contributed by atoms with E-state index >= 15 is 0 Å². The molecule has 0 unspecified atom stereocenters. The third-order valence-electron chi connectivity index (χ3n) is 2.12. The van der Waals surface area contributed by atoms with Crippen molar-refractivity contribution in [1.82, 2.24) is 0 Å². The lowest BCUT2D eigenvalue weighted by molar-refractivity contribution is -0.105. The van der Waals surface area contributed by atoms with Crippen molar-refractivity contribution in [1.29, 1.82) is 0 Å². The van der Waals surface area contributed by atoms with Crippen molar-refractivity contribution in [2.45, 2.75) is 53.4 Å². The summed E-state index contributed by atoms with van der Waals surface area (Å²) >= 11 is 0. The second-order valence-electron chi connectivity index (χ2n) is 3.46. The monoisotopic (exact) mass is 224 g/mol. The molecule has 0 radical (unpaired) electrons. The Hall–Kier alpha value is -1.18. The van der Waals surface area contributed by atoms with E-state index in [0.717, 1.165) is 49.4 Å². The molecule has 92 valence electrons. The van der Waals surface area contributed by atoms with Crippen LogP contribution in [0, 0.1) is 0 Å². The number of hydrogen-bond acceptors (Lipinski definition) is 2. The van der Waals surface area contributed by atoms with Crippen LogP contribution in [0.2, 0.25) is 0 Å². The molecule has 0 bridgehead atoms. The quantitative estimate of drug-likeness (QED) is 0.507. The smallest absolute Gasteiger partial charge is 0.145 e. The molecule has 0 heterocycles. The Morgan fingerprint density at radius 2 is 1.12 bits per heavy atom. The normalized spacial score (nSPS) is 11.5. The van der Waals surface area contributed by atoms with Gasteiger partial charge in [-0.05, 0) is 37.8 Å². The molecule has 0 saturated carbocycles. The SMILES string of the molecule is CC=C(C=O)CCC.CC=C(C=O)CCC. The van der Waals surface area contributed by atoms with Crippen LogP contribution in [0.1, 0.15) is 53.4 Å². The Bertz CT molecular complexity index is 211. The summed E-state index contributed by atoms with van der Waals surface area (Å²) in [5, 5.41) is 0. The minimum Gasteiger partial charge on any atom is -0.298 e. The van der Waals surface area contributed by atoms with Gasteiger partial charge in [0.1, 0.15) is 12.6 Å². The summed E-state index contributed by atoms with van der Waals surface area (Å²) in [5.41, 5.74) is 1.82. The number of hydrogen-bond donors (Lipinski definition) is 0. The zero-order valence-electron chi connectivity index (χ0n) is 11.0. The number of allylic oxidation sites excluding steroid dienone is 4. The molecule has 16 heavy (non-hydrogen) atoms. The zero-order valence-corrected chi connectivity index (χ0v) is 11.0. The third-order valence-corrected chi connectivity index (χ3v) is 2.12. The first-order valence-electron chi connectivity index (χ1n) is 5.90. The largest absolute Gasteiger partial charge is 0.298 e. The molecule has 0 aliphatic carbocycles. The molecule has 0 atom stereocenters. The second-order valence-corrected chi connectivity index (χ2v) is 3.46. The highest BCUT2D eigenvalue weighted by atomic mass is 16.1. The van der Waals surface area contributed by atoms with Crippen molar-refractivity contribution < 1.29 is 9.59 Å². The van der Waals surface area contributed by atoms with Gasteiger partial charge in [0.15, 0.2) is 0 Å². The molecule has 0 aliphatic rings. The average molecular weight is 224 g/mol. The molecule has 2 heteroatoms. The summed E-state index contributed by atoms with van der Waals surface area (Å²) in [5.74, 6) is 0. The molecule has 0 aliphatic heterocycles. The van der Waals surface area contributed by atoms with Gasteiger partial charge in [-0.15, -0.1) is 0 Å². The van der Waals surface area contributed by atoms with Crippen molar-refractivity contribution >= 4 is 12.6 Å². The lowest BCUT2D eigenvalue weighted by Crippen LogP contribution is -1.80. The van der Waals surface area contributed by atoms with Crippen LogP contribution >= 0.6 is 0 Å². The average Bonchev–Trinajstić information content (AvgIpc) is 2.33. The minimum atomic E-state index is 0.910. The topological polar surface area (TPSA) is 34.1 Å². The second kappa shape index (κ2) is 13.8. The van der Waals surface area contributed by atoms with Crippen LogP contribution in [0.15, 0.2) is 23.3 Å². The van der Waals surface area contributed by atoms with Crippen molar-refractivity contribution in [2.24, 2.45) is 0 Å². The summed E-state index contributed by atoms with van der Waals surface area (Å²) in [4.78, 5) is 20.1. The maximum absolute atomic E-state index is 10.1. The molecule has 0 spiro atoms. The van der Waals surface area contributed by atoms with Crippen LogP contribution in [0.3, 0.4) is 0 Å². The molecule has 2 nitrogen and oxygen atoms in total. The summed E-state index contributed by atoms with van der Waals surface area (Å²) in [7, 11) is 0. The molecule has 0 N–H and O–H groups in total. The maximum Gasteiger partial charge on any atom is 0.145 e. The van der Waals surface area contributed by atoms with E-state index in [1.807, 2.05) is 26.0 Å². The standard InChI is InChI=1S/2C7H12O/c2*1-3-5-7(4-2)6-8/h2*4,6H,3,5H2,1-2H3. The number of rotatable bonds is 6. The highest BCUT2D eigenvalue weighted by molar-refractivity contribution is 5.73. The highest BCUT2D eigenvalue weighted by Gasteiger charge is 1.87. The third kappa shape index (κ3) is 10.9. The molecule has 0 aromatic heterocycles. The van der Waals surface area contributed by atoms with Gasteiger partial charge in [0.05, 0.1) is 0 Å². The Morgan fingerprint density at radius 3 is 1.19 bits per heavy atom. The molecule has 0 aromatic rings. The lowest BCUT2D eigenvalue weighted by Gasteiger charge is -1.89. The first-order valence-corrected chi connectivity index (χ1v) is 5.90. The molecule has 0 fully saturated rings. The lowest BCUT2D eigenvalue weighted by atomic mass is 10.2. The van der Waals surface area contributed by atoms with Crippen molar-refractivity contribution in [3.05, 3.63) is 23.3 Å². The minimum absolute atomic E-state index is 0.910. The predicted octanol–water partition coefficient (Wildman–Crippen LogP) is 3.86. The van der Waals surface area contributed by atoms with Gasteiger partial charge in [-0.1, -0.05) is 38.8 Å². The van der Waals surface area contributed by atoms with E-state index in [2.05, 4.69) is 13.8 Å². The molecule has 0 amide bonds. The Balaban J connectivity index is 0. The number of aldehydes is 2. The molecule has 0 aromatic carbocycles. The van der Waals surface area contributed by atoms with E-state index in [0.29, 0.717) is 0 Å². The van der Waals surface area contributed by atoms with Crippen LogP contribution in [-0.2, 0) is 9.59 Å². The van der Waals surface area contributed by atoms with Gasteiger partial charge in [-0.2, -0.15) is 0 Å². The van der Waals surface area contributed by atoms with Gasteiger partial charge < -0.3 is 0 Å². The van der Waals surface area contributed by atoms with E-state index in [-0.39, 0.29) is 0 Å². The fourth-order valence-corrected chi connectivity index (χ4v) is 1.12. The first kappa shape index (κ1) is 17.2. The van der Waals surface area contributed by atoms with Gasteiger partial charge in [0.2, 0.25) is 0 Å². The van der Waals surface area contributed by atoms with E-state index < -0.39 is 0 Å². The van der Waals surface area contributed by atoms with Crippen LogP contribution in [0.5, 0.6) is 0 Å².